The third-order valence-electron chi connectivity index (χ3n) is 16.1. The van der Waals surface area contributed by atoms with E-state index >= 15 is 0 Å². The molecule has 0 saturated carbocycles. The third kappa shape index (κ3) is 37.6. The molecular weight excluding hydrogens is 2280 g/mol. The predicted octanol–water partition coefficient (Wildman–Crippen LogP) is 22.2. The van der Waals surface area contributed by atoms with Gasteiger partial charge in [0.25, 0.3) is 0 Å². The van der Waals surface area contributed by atoms with E-state index in [1.54, 1.807) is 25.5 Å². The van der Waals surface area contributed by atoms with Crippen LogP contribution >= 0.6 is 0 Å². The van der Waals surface area contributed by atoms with Gasteiger partial charge >= 0.3 is 25.6 Å². The molecule has 0 spiro atoms. The summed E-state index contributed by atoms with van der Waals surface area (Å²) in [5.74, 6) is 0. The summed E-state index contributed by atoms with van der Waals surface area (Å²) < 4.78 is 60.8. The second kappa shape index (κ2) is 60.6. The van der Waals surface area contributed by atoms with E-state index in [0.29, 0.717) is 0 Å². The van der Waals surface area contributed by atoms with Gasteiger partial charge in [0.1, 0.15) is 0 Å². The maximum absolute atomic E-state index is 10.7. The van der Waals surface area contributed by atoms with Crippen molar-refractivity contribution in [1.29, 1.82) is 0 Å². The van der Waals surface area contributed by atoms with Gasteiger partial charge in [-0.05, 0) is 87.5 Å². The van der Waals surface area contributed by atoms with Crippen molar-refractivity contribution in [3.63, 3.8) is 0 Å². The summed E-state index contributed by atoms with van der Waals surface area (Å²) >= 11 is 0. The number of aliphatic hydroxyl groups excluding tert-OH is 3. The number of aliphatic hydroxyl groups is 3. The number of pyridine rings is 7. The van der Waals surface area contributed by atoms with Crippen molar-refractivity contribution in [2.75, 3.05) is 20.8 Å². The van der Waals surface area contributed by atoms with E-state index in [4.69, 9.17) is 28.3 Å². The number of benzene rings is 10. The van der Waals surface area contributed by atoms with Gasteiger partial charge in [-0.3, -0.25) is 4.98 Å². The van der Waals surface area contributed by atoms with Gasteiger partial charge in [-0.15, -0.1) is 197 Å². The molecular formula is C102H87F3Ir4N7O6S-4. The van der Waals surface area contributed by atoms with E-state index < -0.39 is 15.6 Å². The number of halogens is 3. The van der Waals surface area contributed by atoms with Crippen molar-refractivity contribution >= 4 is 10.1 Å². The van der Waals surface area contributed by atoms with Crippen LogP contribution in [0.1, 0.15) is 12.5 Å². The molecule has 17 aromatic rings. The molecule has 17 rings (SSSR count). The van der Waals surface area contributed by atoms with Crippen LogP contribution < -0.4 is 4.57 Å². The molecule has 7 aromatic heterocycles. The molecule has 633 valence electrons. The smallest absolute Gasteiger partial charge is 0.741 e. The van der Waals surface area contributed by atoms with Crippen LogP contribution in [0.15, 0.2) is 419 Å². The predicted molar refractivity (Wildman–Crippen MR) is 471 cm³/mol. The Balaban J connectivity index is 0.000000361. The Morgan fingerprint density at radius 3 is 0.837 bits per heavy atom. The van der Waals surface area contributed by atoms with E-state index in [1.165, 1.54) is 16.7 Å². The van der Waals surface area contributed by atoms with Crippen molar-refractivity contribution in [2.45, 2.75) is 12.4 Å². The Morgan fingerprint density at radius 2 is 0.593 bits per heavy atom. The van der Waals surface area contributed by atoms with E-state index in [9.17, 15) is 13.2 Å². The van der Waals surface area contributed by atoms with Crippen LogP contribution in [0.4, 0.5) is 13.2 Å². The van der Waals surface area contributed by atoms with Crippen LogP contribution in [0.25, 0.3) is 112 Å². The van der Waals surface area contributed by atoms with Crippen LogP contribution in [-0.4, -0.2) is 84.5 Å². The molecule has 0 saturated heterocycles. The normalized spacial score (nSPS) is 9.61. The van der Waals surface area contributed by atoms with Crippen LogP contribution in [0.5, 0.6) is 0 Å². The number of nitrogens with zero attached hydrogens (tertiary/aromatic N) is 7. The maximum Gasteiger partial charge on any atom is 3.00 e. The van der Waals surface area contributed by atoms with Crippen molar-refractivity contribution in [1.82, 2.24) is 29.9 Å². The first-order valence-corrected chi connectivity index (χ1v) is 38.5. The fourth-order valence-electron chi connectivity index (χ4n) is 10.5. The standard InChI is InChI=1S/C17H13N.2C17H12N.C13H12N.3C11H8N.C2H6O.CHF3O3S.2CH4O.4Ir/c3*1-3-7-14(8-4-1)16-11-12-17(18-13-16)15-9-5-2-6-10-15;1-11-7-3-4-8-12(11)13-9-5-6-10-14(13)2;3*1-2-6-10(7-3-1)11-8-4-5-9-12-11;1-2-3;2-1(3,4)8(5,6)7;2*1-2;;;;/h1-13H;2*1-9,11-13H;3-10H,1-2H2;3*1-6,8-9H;3H,2H2,1H3;(H,5,6,7);2*2H,1H3;;;;/q;6*-1;;;;;;;;+3/p-1. The van der Waals surface area contributed by atoms with E-state index in [2.05, 4.69) is 153 Å². The minimum Gasteiger partial charge on any atom is -0.741 e. The van der Waals surface area contributed by atoms with E-state index in [0.717, 1.165) is 115 Å². The first-order valence-electron chi connectivity index (χ1n) is 37.1. The second-order valence-corrected chi connectivity index (χ2v) is 25.6. The zero-order chi connectivity index (χ0) is 85.0. The summed E-state index contributed by atoms with van der Waals surface area (Å²) in [6.07, 6.45) is 13.0. The Bertz CT molecular complexity index is 4850. The third-order valence-corrected chi connectivity index (χ3v) is 16.7. The molecule has 10 aromatic carbocycles. The molecule has 7 heterocycles. The first kappa shape index (κ1) is 105. The average molecular weight is 2360 g/mol. The summed E-state index contributed by atoms with van der Waals surface area (Å²) in [5.41, 5.74) is 16.7. The molecule has 123 heavy (non-hydrogen) atoms. The fourth-order valence-corrected chi connectivity index (χ4v) is 10.5. The van der Waals surface area contributed by atoms with Crippen LogP contribution in [-0.2, 0) is 90.5 Å². The minimum atomic E-state index is -6.09. The maximum atomic E-state index is 10.7. The van der Waals surface area contributed by atoms with Crippen LogP contribution in [0.3, 0.4) is 0 Å². The Hall–Kier alpha value is -11.8. The quantitative estimate of drug-likeness (QED) is 0.0507. The topological polar surface area (TPSA) is 199 Å². The first-order chi connectivity index (χ1) is 58.1. The molecule has 0 amide bonds. The van der Waals surface area contributed by atoms with Crippen molar-refractivity contribution < 1.29 is 126 Å². The Morgan fingerprint density at radius 1 is 0.341 bits per heavy atom. The number of hydrogen-bond donors (Lipinski definition) is 3. The SMILES string of the molecule is CCO.CO.CO.O=S(=O)([O-])C(F)(F)F.[CH2-]c1ccccc1-c1cccc[n+]1[CH2-].[Ir+3].[Ir].[Ir].[Ir].[c-]1ccccc1-c1ccc(-c2ccccc2)cn1.[c-]1ccccc1-c1ccc(-c2ccccc2)cn1.[c-]1ccccc1-c1ccccn1.[c-]1ccccc1-c1ccccn1.[c-]1ccccc1-c1ccccn1.c1ccc(-c2ccc(-c3ccccc3)nc2)cc1. The van der Waals surface area contributed by atoms with Crippen LogP contribution in [0.2, 0.25) is 0 Å². The van der Waals surface area contributed by atoms with Crippen molar-refractivity contribution in [2.24, 2.45) is 0 Å². The van der Waals surface area contributed by atoms with Crippen LogP contribution in [0, 0.1) is 44.3 Å². The molecule has 21 heteroatoms. The van der Waals surface area contributed by atoms with E-state index in [1.807, 2.05) is 327 Å². The summed E-state index contributed by atoms with van der Waals surface area (Å²) in [6, 6.07) is 140. The largest absolute Gasteiger partial charge is 3.00 e. The number of aromatic nitrogens is 7. The minimum absolute atomic E-state index is 0. The second-order valence-electron chi connectivity index (χ2n) is 24.2. The van der Waals surface area contributed by atoms with Gasteiger partial charge in [0.2, 0.25) is 0 Å². The van der Waals surface area contributed by atoms with E-state index in [-0.39, 0.29) is 87.0 Å². The van der Waals surface area contributed by atoms with Gasteiger partial charge in [0.05, 0.1) is 17.6 Å². The van der Waals surface area contributed by atoms with Gasteiger partial charge in [0.15, 0.2) is 10.1 Å². The Labute approximate surface area is 774 Å². The molecule has 3 radical (unpaired) electrons. The Kier molecular flexibility index (Phi) is 51.9. The molecule has 0 atom stereocenters. The van der Waals surface area contributed by atoms with Crippen molar-refractivity contribution in [3.8, 4) is 112 Å². The van der Waals surface area contributed by atoms with Gasteiger partial charge in [-0.1, -0.05) is 212 Å². The molecule has 0 aliphatic heterocycles. The number of alkyl halides is 3. The fraction of sp³-hybridized carbons (Fsp3) is 0.0490. The van der Waals surface area contributed by atoms with Gasteiger partial charge in [0, 0.05) is 136 Å². The molecule has 0 unspecified atom stereocenters. The summed E-state index contributed by atoms with van der Waals surface area (Å²) in [7, 11) is -0.163. The molecule has 3 N–H and O–H groups in total. The molecule has 0 aliphatic rings. The number of rotatable bonds is 10. The summed E-state index contributed by atoms with van der Waals surface area (Å²) in [4.78, 5) is 26.2. The zero-order valence-electron chi connectivity index (χ0n) is 67.0. The van der Waals surface area contributed by atoms with Gasteiger partial charge in [-0.25, -0.2) is 8.42 Å². The average Bonchev–Trinajstić information content (AvgIpc) is 0.842. The molecule has 0 bridgehead atoms. The number of hydrogen-bond acceptors (Lipinski definition) is 12. The molecule has 0 aliphatic carbocycles. The monoisotopic (exact) mass is 2370 g/mol. The molecule has 0 fully saturated rings. The zero-order valence-corrected chi connectivity index (χ0v) is 77.4. The summed E-state index contributed by atoms with van der Waals surface area (Å²) in [5, 5.41) is 21.6. The molecule has 13 nitrogen and oxygen atoms in total. The van der Waals surface area contributed by atoms with Crippen molar-refractivity contribution in [3.05, 3.63) is 469 Å². The summed E-state index contributed by atoms with van der Waals surface area (Å²) in [6.45, 7) is 5.93. The van der Waals surface area contributed by atoms with Gasteiger partial charge in [-0.2, -0.15) is 31.7 Å². The van der Waals surface area contributed by atoms with Gasteiger partial charge < -0.3 is 49.4 Å².